The second kappa shape index (κ2) is 7.98. The number of aromatic nitrogens is 1. The van der Waals surface area contributed by atoms with Gasteiger partial charge in [0, 0.05) is 6.54 Å². The Bertz CT molecular complexity index is 595. The number of rotatable bonds is 8. The summed E-state index contributed by atoms with van der Waals surface area (Å²) in [7, 11) is 0. The summed E-state index contributed by atoms with van der Waals surface area (Å²) in [5, 5.41) is 4.28. The largest absolute Gasteiger partial charge is 0.462 e. The van der Waals surface area contributed by atoms with Crippen molar-refractivity contribution in [2.45, 2.75) is 39.5 Å². The Labute approximate surface area is 129 Å². The molecule has 0 saturated heterocycles. The van der Waals surface area contributed by atoms with Crippen LogP contribution in [0.15, 0.2) is 18.2 Å². The smallest absolute Gasteiger partial charge is 0.338 e. The van der Waals surface area contributed by atoms with E-state index in [0.29, 0.717) is 12.2 Å². The maximum Gasteiger partial charge on any atom is 0.338 e. The third-order valence-electron chi connectivity index (χ3n) is 3.21. The molecule has 1 aromatic heterocycles. The Morgan fingerprint density at radius 3 is 2.90 bits per heavy atom. The summed E-state index contributed by atoms with van der Waals surface area (Å²) < 4.78 is 6.03. The van der Waals surface area contributed by atoms with Crippen LogP contribution in [0.5, 0.6) is 0 Å². The first-order valence-electron chi connectivity index (χ1n) is 7.56. The fraction of sp³-hybridized carbons (Fsp3) is 0.500. The van der Waals surface area contributed by atoms with Gasteiger partial charge in [0.2, 0.25) is 0 Å². The first-order chi connectivity index (χ1) is 10.2. The Morgan fingerprint density at radius 2 is 2.14 bits per heavy atom. The highest BCUT2D eigenvalue weighted by molar-refractivity contribution is 7.22. The highest BCUT2D eigenvalue weighted by atomic mass is 32.1. The van der Waals surface area contributed by atoms with Gasteiger partial charge in [-0.3, -0.25) is 0 Å². The van der Waals surface area contributed by atoms with E-state index in [0.717, 1.165) is 28.3 Å². The third kappa shape index (κ3) is 4.43. The SMILES string of the molecule is CCCCCCNc1nc2ccc(C(=O)OCC)cc2s1. The fourth-order valence-electron chi connectivity index (χ4n) is 2.09. The lowest BCUT2D eigenvalue weighted by atomic mass is 10.2. The molecule has 1 N–H and O–H groups in total. The average molecular weight is 306 g/mol. The number of hydrogen-bond donors (Lipinski definition) is 1. The van der Waals surface area contributed by atoms with Crippen molar-refractivity contribution >= 4 is 32.7 Å². The number of carbonyl (C=O) groups is 1. The van der Waals surface area contributed by atoms with Crippen molar-refractivity contribution in [1.29, 1.82) is 0 Å². The summed E-state index contributed by atoms with van der Waals surface area (Å²) in [6.07, 6.45) is 4.95. The van der Waals surface area contributed by atoms with Gasteiger partial charge in [0.05, 0.1) is 22.4 Å². The van der Waals surface area contributed by atoms with E-state index in [9.17, 15) is 4.79 Å². The molecule has 0 spiro atoms. The fourth-order valence-corrected chi connectivity index (χ4v) is 3.02. The van der Waals surface area contributed by atoms with Crippen LogP contribution in [0.3, 0.4) is 0 Å². The van der Waals surface area contributed by atoms with E-state index in [1.807, 2.05) is 19.1 Å². The number of esters is 1. The predicted molar refractivity (Wildman–Crippen MR) is 88.2 cm³/mol. The molecule has 114 valence electrons. The number of hydrogen-bond acceptors (Lipinski definition) is 5. The third-order valence-corrected chi connectivity index (χ3v) is 4.18. The van der Waals surface area contributed by atoms with Crippen LogP contribution < -0.4 is 5.32 Å². The van der Waals surface area contributed by atoms with E-state index in [1.165, 1.54) is 19.3 Å². The van der Waals surface area contributed by atoms with Crippen LogP contribution in [0.25, 0.3) is 10.2 Å². The average Bonchev–Trinajstić information content (AvgIpc) is 2.89. The van der Waals surface area contributed by atoms with Gasteiger partial charge in [0.25, 0.3) is 0 Å². The van der Waals surface area contributed by atoms with Crippen molar-refractivity contribution in [2.24, 2.45) is 0 Å². The number of ether oxygens (including phenoxy) is 1. The van der Waals surface area contributed by atoms with E-state index in [2.05, 4.69) is 17.2 Å². The second-order valence-corrected chi connectivity index (χ2v) is 5.94. The Hall–Kier alpha value is -1.62. The van der Waals surface area contributed by atoms with Crippen molar-refractivity contribution in [2.75, 3.05) is 18.5 Å². The summed E-state index contributed by atoms with van der Waals surface area (Å²) in [5.41, 5.74) is 1.51. The summed E-state index contributed by atoms with van der Waals surface area (Å²) in [4.78, 5) is 16.2. The first-order valence-corrected chi connectivity index (χ1v) is 8.37. The molecule has 0 atom stereocenters. The van der Waals surface area contributed by atoms with Crippen LogP contribution in [0.4, 0.5) is 5.13 Å². The van der Waals surface area contributed by atoms with Crippen LogP contribution in [-0.4, -0.2) is 24.1 Å². The van der Waals surface area contributed by atoms with E-state index in [4.69, 9.17) is 4.74 Å². The van der Waals surface area contributed by atoms with Crippen LogP contribution in [-0.2, 0) is 4.74 Å². The molecular weight excluding hydrogens is 284 g/mol. The van der Waals surface area contributed by atoms with Gasteiger partial charge in [-0.1, -0.05) is 37.5 Å². The van der Waals surface area contributed by atoms with Gasteiger partial charge in [-0.15, -0.1) is 0 Å². The number of fused-ring (bicyclic) bond motifs is 1. The maximum absolute atomic E-state index is 11.7. The molecule has 5 heteroatoms. The lowest BCUT2D eigenvalue weighted by Crippen LogP contribution is -2.03. The van der Waals surface area contributed by atoms with Crippen molar-refractivity contribution in [1.82, 2.24) is 4.98 Å². The lowest BCUT2D eigenvalue weighted by molar-refractivity contribution is 0.0526. The second-order valence-electron chi connectivity index (χ2n) is 4.91. The van der Waals surface area contributed by atoms with Crippen molar-refractivity contribution in [3.05, 3.63) is 23.8 Å². The molecule has 2 aromatic rings. The zero-order valence-electron chi connectivity index (χ0n) is 12.6. The summed E-state index contributed by atoms with van der Waals surface area (Å²) in [6.45, 7) is 5.36. The van der Waals surface area contributed by atoms with E-state index in [1.54, 1.807) is 17.4 Å². The molecule has 4 nitrogen and oxygen atoms in total. The number of nitrogens with one attached hydrogen (secondary N) is 1. The maximum atomic E-state index is 11.7. The molecule has 0 unspecified atom stereocenters. The summed E-state index contributed by atoms with van der Waals surface area (Å²) >= 11 is 1.58. The molecule has 0 radical (unpaired) electrons. The van der Waals surface area contributed by atoms with Gasteiger partial charge in [-0.25, -0.2) is 9.78 Å². The van der Waals surface area contributed by atoms with Gasteiger partial charge >= 0.3 is 5.97 Å². The molecule has 0 amide bonds. The molecule has 0 aliphatic rings. The van der Waals surface area contributed by atoms with Gasteiger partial charge < -0.3 is 10.1 Å². The van der Waals surface area contributed by atoms with E-state index >= 15 is 0 Å². The topological polar surface area (TPSA) is 51.2 Å². The quantitative estimate of drug-likeness (QED) is 0.577. The monoisotopic (exact) mass is 306 g/mol. The minimum Gasteiger partial charge on any atom is -0.462 e. The van der Waals surface area contributed by atoms with E-state index in [-0.39, 0.29) is 5.97 Å². The number of anilines is 1. The van der Waals surface area contributed by atoms with Crippen LogP contribution in [0, 0.1) is 0 Å². The molecule has 0 aliphatic heterocycles. The lowest BCUT2D eigenvalue weighted by Gasteiger charge is -2.00. The van der Waals surface area contributed by atoms with Crippen molar-refractivity contribution in [3.63, 3.8) is 0 Å². The van der Waals surface area contributed by atoms with E-state index < -0.39 is 0 Å². The molecule has 1 heterocycles. The molecule has 0 bridgehead atoms. The molecular formula is C16H22N2O2S. The van der Waals surface area contributed by atoms with Gasteiger partial charge in [0.15, 0.2) is 5.13 Å². The molecule has 0 saturated carbocycles. The van der Waals surface area contributed by atoms with Crippen molar-refractivity contribution < 1.29 is 9.53 Å². The van der Waals surface area contributed by atoms with Gasteiger partial charge in [-0.05, 0) is 31.5 Å². The molecule has 21 heavy (non-hydrogen) atoms. The Balaban J connectivity index is 1.99. The zero-order chi connectivity index (χ0) is 15.1. The number of thiazole rings is 1. The van der Waals surface area contributed by atoms with Crippen LogP contribution >= 0.6 is 11.3 Å². The molecule has 2 rings (SSSR count). The standard InChI is InChI=1S/C16H22N2O2S/c1-3-5-6-7-10-17-16-18-13-9-8-12(11-14(13)21-16)15(19)20-4-2/h8-9,11H,3-7,10H2,1-2H3,(H,17,18). The minimum absolute atomic E-state index is 0.276. The van der Waals surface area contributed by atoms with Crippen LogP contribution in [0.2, 0.25) is 0 Å². The number of benzene rings is 1. The number of carbonyl (C=O) groups excluding carboxylic acids is 1. The van der Waals surface area contributed by atoms with Gasteiger partial charge in [-0.2, -0.15) is 0 Å². The Kier molecular flexibility index (Phi) is 5.99. The first kappa shape index (κ1) is 15.8. The van der Waals surface area contributed by atoms with Gasteiger partial charge in [0.1, 0.15) is 0 Å². The predicted octanol–water partition coefficient (Wildman–Crippen LogP) is 4.47. The highest BCUT2D eigenvalue weighted by Crippen LogP contribution is 2.27. The zero-order valence-corrected chi connectivity index (χ0v) is 13.5. The Morgan fingerprint density at radius 1 is 1.29 bits per heavy atom. The highest BCUT2D eigenvalue weighted by Gasteiger charge is 2.10. The number of nitrogens with zero attached hydrogens (tertiary/aromatic N) is 1. The minimum atomic E-state index is -0.276. The van der Waals surface area contributed by atoms with Crippen molar-refractivity contribution in [3.8, 4) is 0 Å². The summed E-state index contributed by atoms with van der Waals surface area (Å²) in [5.74, 6) is -0.276. The summed E-state index contributed by atoms with van der Waals surface area (Å²) in [6, 6.07) is 5.50. The molecule has 0 fully saturated rings. The van der Waals surface area contributed by atoms with Crippen LogP contribution in [0.1, 0.15) is 49.9 Å². The normalized spacial score (nSPS) is 10.8. The molecule has 0 aliphatic carbocycles. The number of unbranched alkanes of at least 4 members (excludes halogenated alkanes) is 3. The molecule has 1 aromatic carbocycles.